The molecule has 2 aromatic heterocycles. The fraction of sp³-hybridized carbons (Fsp3) is 0.0500. The molecule has 0 atom stereocenters. The maximum absolute atomic E-state index is 13.0. The lowest BCUT2D eigenvalue weighted by atomic mass is 10.2. The third-order valence-electron chi connectivity index (χ3n) is 4.59. The van der Waals surface area contributed by atoms with E-state index in [9.17, 15) is 25.4 Å². The van der Waals surface area contributed by atoms with Gasteiger partial charge >= 0.3 is 0 Å². The number of para-hydroxylation sites is 1. The molecule has 8 heteroatoms. The number of nitriles is 2. The molecule has 0 aliphatic carbocycles. The van der Waals surface area contributed by atoms with E-state index in [1.807, 2.05) is 30.3 Å². The summed E-state index contributed by atoms with van der Waals surface area (Å²) in [6.45, 7) is 0.0490. The van der Waals surface area contributed by atoms with Crippen LogP contribution in [0.2, 0.25) is 0 Å². The molecule has 4 rings (SSSR count). The molecular weight excluding hydrogens is 358 g/mol. The Kier molecular flexibility index (Phi) is 3.88. The van der Waals surface area contributed by atoms with Gasteiger partial charge < -0.3 is 4.57 Å². The summed E-state index contributed by atoms with van der Waals surface area (Å²) in [5.74, 6) is 0. The van der Waals surface area contributed by atoms with E-state index in [-0.39, 0.29) is 17.8 Å². The lowest BCUT2D eigenvalue weighted by Gasteiger charge is -2.10. The van der Waals surface area contributed by atoms with Crippen LogP contribution in [0, 0.1) is 32.8 Å². The lowest BCUT2D eigenvalue weighted by Crippen LogP contribution is -2.21. The van der Waals surface area contributed by atoms with Crippen molar-refractivity contribution in [2.75, 3.05) is 0 Å². The second kappa shape index (κ2) is 6.38. The normalized spacial score (nSPS) is 10.6. The van der Waals surface area contributed by atoms with E-state index in [0.717, 1.165) is 10.9 Å². The van der Waals surface area contributed by atoms with E-state index in [2.05, 4.69) is 6.07 Å². The van der Waals surface area contributed by atoms with Crippen molar-refractivity contribution in [3.05, 3.63) is 80.6 Å². The number of aromatic nitrogens is 2. The van der Waals surface area contributed by atoms with Gasteiger partial charge in [0.1, 0.15) is 18.2 Å². The van der Waals surface area contributed by atoms with Crippen molar-refractivity contribution in [2.24, 2.45) is 0 Å². The fourth-order valence-electron chi connectivity index (χ4n) is 3.40. The van der Waals surface area contributed by atoms with E-state index in [1.165, 1.54) is 34.9 Å². The van der Waals surface area contributed by atoms with Crippen LogP contribution in [0.1, 0.15) is 5.56 Å². The highest BCUT2D eigenvalue weighted by Crippen LogP contribution is 2.30. The Morgan fingerprint density at radius 1 is 1.04 bits per heavy atom. The van der Waals surface area contributed by atoms with Crippen LogP contribution in [0.25, 0.3) is 27.6 Å². The van der Waals surface area contributed by atoms with Crippen LogP contribution in [0.15, 0.2) is 59.4 Å². The maximum Gasteiger partial charge on any atom is 0.273 e. The molecule has 0 unspecified atom stereocenters. The third-order valence-corrected chi connectivity index (χ3v) is 4.59. The van der Waals surface area contributed by atoms with Gasteiger partial charge in [-0.15, -0.1) is 0 Å². The summed E-state index contributed by atoms with van der Waals surface area (Å²) in [6.07, 6.45) is 0. The third kappa shape index (κ3) is 2.41. The van der Waals surface area contributed by atoms with Crippen LogP contribution in [0.5, 0.6) is 0 Å². The molecule has 0 fully saturated rings. The molecule has 28 heavy (non-hydrogen) atoms. The minimum atomic E-state index is -0.524. The number of nitro groups is 1. The van der Waals surface area contributed by atoms with E-state index >= 15 is 0 Å². The fourth-order valence-corrected chi connectivity index (χ4v) is 3.40. The van der Waals surface area contributed by atoms with Crippen molar-refractivity contribution in [3.63, 3.8) is 0 Å². The van der Waals surface area contributed by atoms with E-state index in [1.54, 1.807) is 4.57 Å². The van der Waals surface area contributed by atoms with E-state index < -0.39 is 10.5 Å². The van der Waals surface area contributed by atoms with Crippen molar-refractivity contribution >= 4 is 27.6 Å². The first-order valence-corrected chi connectivity index (χ1v) is 8.25. The highest BCUT2D eigenvalue weighted by molar-refractivity contribution is 6.07. The Labute approximate surface area is 157 Å². The molecule has 4 aromatic rings. The van der Waals surface area contributed by atoms with Gasteiger partial charge in [0, 0.05) is 23.2 Å². The Hall–Kier alpha value is -4.43. The highest BCUT2D eigenvalue weighted by Gasteiger charge is 2.19. The molecule has 0 saturated heterocycles. The van der Waals surface area contributed by atoms with Gasteiger partial charge in [0.05, 0.1) is 27.5 Å². The van der Waals surface area contributed by atoms with Gasteiger partial charge in [0.25, 0.3) is 11.2 Å². The van der Waals surface area contributed by atoms with Crippen molar-refractivity contribution in [1.29, 1.82) is 10.5 Å². The number of benzene rings is 2. The summed E-state index contributed by atoms with van der Waals surface area (Å²) in [5.41, 5.74) is 1.57. The van der Waals surface area contributed by atoms with Crippen LogP contribution in [-0.4, -0.2) is 14.1 Å². The molecule has 0 aliphatic heterocycles. The summed E-state index contributed by atoms with van der Waals surface area (Å²) in [7, 11) is 0. The van der Waals surface area contributed by atoms with Crippen molar-refractivity contribution in [3.8, 4) is 17.8 Å². The first-order chi connectivity index (χ1) is 13.6. The summed E-state index contributed by atoms with van der Waals surface area (Å²) < 4.78 is 3.11. The van der Waals surface area contributed by atoms with Crippen LogP contribution >= 0.6 is 0 Å². The average molecular weight is 369 g/mol. The molecule has 134 valence electrons. The minimum Gasteiger partial charge on any atom is -0.325 e. The molecule has 0 radical (unpaired) electrons. The smallest absolute Gasteiger partial charge is 0.273 e. The number of rotatable bonds is 3. The first kappa shape index (κ1) is 17.0. The molecule has 2 heterocycles. The number of nitro benzene ring substituents is 1. The second-order valence-electron chi connectivity index (χ2n) is 6.08. The van der Waals surface area contributed by atoms with E-state index in [0.29, 0.717) is 16.7 Å². The molecule has 0 aliphatic rings. The van der Waals surface area contributed by atoms with Gasteiger partial charge in [0.15, 0.2) is 0 Å². The van der Waals surface area contributed by atoms with Gasteiger partial charge in [-0.05, 0) is 24.3 Å². The Morgan fingerprint density at radius 3 is 2.39 bits per heavy atom. The summed E-state index contributed by atoms with van der Waals surface area (Å²) >= 11 is 0. The lowest BCUT2D eigenvalue weighted by molar-refractivity contribution is -0.384. The number of non-ortho nitro benzene ring substituents is 1. The monoisotopic (exact) mass is 369 g/mol. The predicted molar refractivity (Wildman–Crippen MR) is 102 cm³/mol. The van der Waals surface area contributed by atoms with Gasteiger partial charge in [-0.25, -0.2) is 0 Å². The topological polar surface area (TPSA) is 118 Å². The standard InChI is InChI=1S/C20H11N5O3/c21-9-10-23-17-4-2-1-3-16(17)19-18(23)11-13(12-22)20(26)24(19)14-5-7-15(8-6-14)25(27)28/h1-8,11H,10H2. The first-order valence-electron chi connectivity index (χ1n) is 8.25. The van der Waals surface area contributed by atoms with Gasteiger partial charge in [-0.3, -0.25) is 19.5 Å². The molecule has 8 nitrogen and oxygen atoms in total. The van der Waals surface area contributed by atoms with Gasteiger partial charge in [-0.2, -0.15) is 10.5 Å². The molecule has 0 amide bonds. The summed E-state index contributed by atoms with van der Waals surface area (Å²) in [6, 6.07) is 18.4. The number of hydrogen-bond donors (Lipinski definition) is 0. The molecule has 0 bridgehead atoms. The molecule has 0 saturated carbocycles. The Balaban J connectivity index is 2.19. The van der Waals surface area contributed by atoms with Crippen LogP contribution < -0.4 is 5.56 Å². The molecule has 0 spiro atoms. The summed E-state index contributed by atoms with van der Waals surface area (Å²) in [4.78, 5) is 23.4. The predicted octanol–water partition coefficient (Wildman–Crippen LogP) is 3.25. The minimum absolute atomic E-state index is 0.0490. The second-order valence-corrected chi connectivity index (χ2v) is 6.08. The Morgan fingerprint density at radius 2 is 1.75 bits per heavy atom. The number of nitrogens with zero attached hydrogens (tertiary/aromatic N) is 5. The highest BCUT2D eigenvalue weighted by atomic mass is 16.6. The van der Waals surface area contributed by atoms with Gasteiger partial charge in [-0.1, -0.05) is 18.2 Å². The molecule has 2 aromatic carbocycles. The van der Waals surface area contributed by atoms with Crippen molar-refractivity contribution in [2.45, 2.75) is 6.54 Å². The average Bonchev–Trinajstić information content (AvgIpc) is 3.01. The van der Waals surface area contributed by atoms with E-state index in [4.69, 9.17) is 0 Å². The molecular formula is C20H11N5O3. The zero-order valence-corrected chi connectivity index (χ0v) is 14.4. The number of fused-ring (bicyclic) bond motifs is 3. The SMILES string of the molecule is N#CCn1c2ccccc2c2c1cc(C#N)c(=O)n2-c1ccc([N+](=O)[O-])cc1. The Bertz CT molecular complexity index is 1400. The largest absolute Gasteiger partial charge is 0.325 e. The quantitative estimate of drug-likeness (QED) is 0.406. The molecule has 0 N–H and O–H groups in total. The van der Waals surface area contributed by atoms with Gasteiger partial charge in [0.2, 0.25) is 0 Å². The zero-order chi connectivity index (χ0) is 19.8. The van der Waals surface area contributed by atoms with Crippen LogP contribution in [-0.2, 0) is 6.54 Å². The number of hydrogen-bond acceptors (Lipinski definition) is 5. The maximum atomic E-state index is 13.0. The zero-order valence-electron chi connectivity index (χ0n) is 14.4. The number of pyridine rings is 1. The van der Waals surface area contributed by atoms with Crippen LogP contribution in [0.3, 0.4) is 0 Å². The van der Waals surface area contributed by atoms with Crippen molar-refractivity contribution < 1.29 is 4.92 Å². The van der Waals surface area contributed by atoms with Crippen LogP contribution in [0.4, 0.5) is 5.69 Å². The van der Waals surface area contributed by atoms with Crippen molar-refractivity contribution in [1.82, 2.24) is 9.13 Å². The summed E-state index contributed by atoms with van der Waals surface area (Å²) in [5, 5.41) is 30.4.